The summed E-state index contributed by atoms with van der Waals surface area (Å²) < 4.78 is 11.1. The van der Waals surface area contributed by atoms with Crippen LogP contribution in [0, 0.1) is 18.3 Å². The average Bonchev–Trinajstić information content (AvgIpc) is 2.96. The molecule has 2 N–H and O–H groups in total. The van der Waals surface area contributed by atoms with Gasteiger partial charge < -0.3 is 25.0 Å². The first-order chi connectivity index (χ1) is 21.8. The largest absolute Gasteiger partial charge is 0.458 e. The lowest BCUT2D eigenvalue weighted by Gasteiger charge is -2.38. The Balaban J connectivity index is 2.63. The molecule has 0 aliphatic rings. The molecule has 3 amide bonds. The number of ether oxygens (including phenoxy) is 2. The van der Waals surface area contributed by atoms with Crippen molar-refractivity contribution in [3.05, 3.63) is 71.3 Å². The van der Waals surface area contributed by atoms with E-state index in [1.54, 1.807) is 72.7 Å². The predicted molar refractivity (Wildman–Crippen MR) is 184 cm³/mol. The van der Waals surface area contributed by atoms with E-state index in [9.17, 15) is 19.2 Å². The molecule has 0 spiro atoms. The topological polar surface area (TPSA) is 114 Å². The molecule has 9 heteroatoms. The first kappa shape index (κ1) is 38.9. The standard InChI is InChI=1S/C38H53N3O6/c1-12-28-20-22-30(23-21-28)32(33(42)40-31(35(44)46-37(6,7)8)24-29-16-14-13-15-17-29)41(26(4)19-18-25(2)3)34(43)27(5)39-36(45)47-38(9,10)11/h1,13-17,20-23,25-27,31-32H,18-19,24H2,2-11H3,(H,39,45)(H,40,42). The van der Waals surface area contributed by atoms with E-state index in [1.165, 1.54) is 4.90 Å². The summed E-state index contributed by atoms with van der Waals surface area (Å²) in [6.45, 7) is 18.1. The normalized spacial score (nSPS) is 14.2. The van der Waals surface area contributed by atoms with Crippen molar-refractivity contribution in [2.45, 2.75) is 124 Å². The summed E-state index contributed by atoms with van der Waals surface area (Å²) in [5.41, 5.74) is 0.366. The van der Waals surface area contributed by atoms with Crippen LogP contribution >= 0.6 is 0 Å². The Kier molecular flexibility index (Phi) is 14.1. The van der Waals surface area contributed by atoms with Gasteiger partial charge in [0.25, 0.3) is 0 Å². The maximum Gasteiger partial charge on any atom is 0.408 e. The van der Waals surface area contributed by atoms with E-state index in [0.29, 0.717) is 23.5 Å². The zero-order chi connectivity index (χ0) is 35.5. The molecule has 0 radical (unpaired) electrons. The summed E-state index contributed by atoms with van der Waals surface area (Å²) in [5.74, 6) is 1.28. The van der Waals surface area contributed by atoms with E-state index >= 15 is 0 Å². The molecule has 2 aromatic rings. The third-order valence-corrected chi connectivity index (χ3v) is 7.20. The van der Waals surface area contributed by atoms with Crippen molar-refractivity contribution in [3.63, 3.8) is 0 Å². The number of alkyl carbamates (subject to hydrolysis) is 1. The molecular formula is C38H53N3O6. The van der Waals surface area contributed by atoms with Crippen LogP contribution in [0.15, 0.2) is 54.6 Å². The first-order valence-corrected chi connectivity index (χ1v) is 16.3. The third-order valence-electron chi connectivity index (χ3n) is 7.20. The molecule has 0 aliphatic heterocycles. The Morgan fingerprint density at radius 1 is 0.809 bits per heavy atom. The summed E-state index contributed by atoms with van der Waals surface area (Å²) >= 11 is 0. The summed E-state index contributed by atoms with van der Waals surface area (Å²) in [6, 6.07) is 12.5. The molecular weight excluding hydrogens is 594 g/mol. The Morgan fingerprint density at radius 2 is 1.38 bits per heavy atom. The number of hydrogen-bond acceptors (Lipinski definition) is 6. The van der Waals surface area contributed by atoms with E-state index in [1.807, 2.05) is 37.3 Å². The summed E-state index contributed by atoms with van der Waals surface area (Å²) in [6.07, 6.45) is 6.42. The Hall–Kier alpha value is -4.32. The van der Waals surface area contributed by atoms with Crippen LogP contribution in [-0.2, 0) is 30.3 Å². The maximum atomic E-state index is 14.5. The van der Waals surface area contributed by atoms with E-state index in [-0.39, 0.29) is 6.42 Å². The number of esters is 1. The van der Waals surface area contributed by atoms with Crippen LogP contribution in [0.2, 0.25) is 0 Å². The molecule has 256 valence electrons. The first-order valence-electron chi connectivity index (χ1n) is 16.3. The number of carbonyl (C=O) groups excluding carboxylic acids is 4. The van der Waals surface area contributed by atoms with E-state index in [2.05, 4.69) is 30.4 Å². The predicted octanol–water partition coefficient (Wildman–Crippen LogP) is 6.34. The third kappa shape index (κ3) is 13.1. The van der Waals surface area contributed by atoms with Crippen molar-refractivity contribution >= 4 is 23.9 Å². The monoisotopic (exact) mass is 647 g/mol. The van der Waals surface area contributed by atoms with Gasteiger partial charge in [-0.2, -0.15) is 0 Å². The highest BCUT2D eigenvalue weighted by molar-refractivity contribution is 5.94. The van der Waals surface area contributed by atoms with Crippen molar-refractivity contribution in [1.29, 1.82) is 0 Å². The molecule has 9 nitrogen and oxygen atoms in total. The highest BCUT2D eigenvalue weighted by Gasteiger charge is 2.39. The van der Waals surface area contributed by atoms with Gasteiger partial charge in [-0.15, -0.1) is 6.42 Å². The molecule has 0 saturated heterocycles. The molecule has 0 saturated carbocycles. The molecule has 0 heterocycles. The minimum atomic E-state index is -1.17. The second kappa shape index (κ2) is 17.0. The fraction of sp³-hybridized carbons (Fsp3) is 0.526. The van der Waals surface area contributed by atoms with Gasteiger partial charge in [0.2, 0.25) is 11.8 Å². The van der Waals surface area contributed by atoms with Crippen LogP contribution in [0.3, 0.4) is 0 Å². The lowest BCUT2D eigenvalue weighted by atomic mass is 9.96. The minimum Gasteiger partial charge on any atom is -0.458 e. The van der Waals surface area contributed by atoms with E-state index < -0.39 is 59.2 Å². The van der Waals surface area contributed by atoms with Gasteiger partial charge in [0, 0.05) is 18.0 Å². The van der Waals surface area contributed by atoms with Gasteiger partial charge in [-0.1, -0.05) is 62.2 Å². The Morgan fingerprint density at radius 3 is 1.89 bits per heavy atom. The highest BCUT2D eigenvalue weighted by atomic mass is 16.6. The van der Waals surface area contributed by atoms with Gasteiger partial charge in [-0.25, -0.2) is 9.59 Å². The van der Waals surface area contributed by atoms with Crippen molar-refractivity contribution in [1.82, 2.24) is 15.5 Å². The molecule has 4 atom stereocenters. The van der Waals surface area contributed by atoms with Crippen LogP contribution in [0.25, 0.3) is 0 Å². The van der Waals surface area contributed by atoms with Gasteiger partial charge in [-0.05, 0) is 97.4 Å². The van der Waals surface area contributed by atoms with Crippen molar-refractivity contribution in [2.75, 3.05) is 0 Å². The molecule has 0 fully saturated rings. The highest BCUT2D eigenvalue weighted by Crippen LogP contribution is 2.28. The molecule has 47 heavy (non-hydrogen) atoms. The minimum absolute atomic E-state index is 0.178. The van der Waals surface area contributed by atoms with Crippen LogP contribution in [0.5, 0.6) is 0 Å². The zero-order valence-electron chi connectivity index (χ0n) is 29.7. The summed E-state index contributed by atoms with van der Waals surface area (Å²) in [7, 11) is 0. The number of nitrogens with zero attached hydrogens (tertiary/aromatic N) is 1. The number of carbonyl (C=O) groups is 4. The Bertz CT molecular complexity index is 1380. The van der Waals surface area contributed by atoms with Crippen molar-refractivity contribution in [2.24, 2.45) is 5.92 Å². The van der Waals surface area contributed by atoms with Crippen molar-refractivity contribution in [3.8, 4) is 12.3 Å². The van der Waals surface area contributed by atoms with E-state index in [4.69, 9.17) is 15.9 Å². The summed E-state index contributed by atoms with van der Waals surface area (Å²) in [5, 5.41) is 5.55. The molecule has 2 rings (SSSR count). The average molecular weight is 648 g/mol. The lowest BCUT2D eigenvalue weighted by molar-refractivity contribution is -0.159. The maximum absolute atomic E-state index is 14.5. The molecule has 4 unspecified atom stereocenters. The fourth-order valence-electron chi connectivity index (χ4n) is 4.95. The zero-order valence-corrected chi connectivity index (χ0v) is 29.7. The van der Waals surface area contributed by atoms with Gasteiger partial charge in [0.1, 0.15) is 29.3 Å². The van der Waals surface area contributed by atoms with Gasteiger partial charge >= 0.3 is 12.1 Å². The van der Waals surface area contributed by atoms with Crippen LogP contribution in [0.4, 0.5) is 4.79 Å². The van der Waals surface area contributed by atoms with Gasteiger partial charge in [0.15, 0.2) is 0 Å². The van der Waals surface area contributed by atoms with Gasteiger partial charge in [-0.3, -0.25) is 9.59 Å². The second-order valence-electron chi connectivity index (χ2n) is 14.4. The smallest absolute Gasteiger partial charge is 0.408 e. The number of terminal acetylenes is 1. The molecule has 0 bridgehead atoms. The van der Waals surface area contributed by atoms with E-state index in [0.717, 1.165) is 12.0 Å². The molecule has 0 aromatic heterocycles. The van der Waals surface area contributed by atoms with Crippen LogP contribution < -0.4 is 10.6 Å². The molecule has 2 aromatic carbocycles. The number of benzene rings is 2. The Labute approximate surface area is 281 Å². The SMILES string of the molecule is C#Cc1ccc(C(C(=O)NC(Cc2ccccc2)C(=O)OC(C)(C)C)N(C(=O)C(C)NC(=O)OC(C)(C)C)C(C)CCC(C)C)cc1. The number of hydrogen-bond donors (Lipinski definition) is 2. The fourth-order valence-corrected chi connectivity index (χ4v) is 4.95. The molecule has 0 aliphatic carbocycles. The van der Waals surface area contributed by atoms with Crippen LogP contribution in [0.1, 0.15) is 105 Å². The lowest BCUT2D eigenvalue weighted by Crippen LogP contribution is -2.56. The van der Waals surface area contributed by atoms with Gasteiger partial charge in [0.05, 0.1) is 0 Å². The quantitative estimate of drug-likeness (QED) is 0.194. The number of amides is 3. The number of rotatable bonds is 13. The number of nitrogens with one attached hydrogen (secondary N) is 2. The second-order valence-corrected chi connectivity index (χ2v) is 14.4. The van der Waals surface area contributed by atoms with Crippen molar-refractivity contribution < 1.29 is 28.7 Å². The summed E-state index contributed by atoms with van der Waals surface area (Å²) in [4.78, 5) is 56.5. The van der Waals surface area contributed by atoms with Crippen LogP contribution in [-0.4, -0.2) is 58.1 Å².